The summed E-state index contributed by atoms with van der Waals surface area (Å²) in [6, 6.07) is 17.5. The number of nitrogens with zero attached hydrogens (tertiary/aromatic N) is 1. The number of piperidine rings is 1. The first-order valence-electron chi connectivity index (χ1n) is 7.94. The highest BCUT2D eigenvalue weighted by Crippen LogP contribution is 2.25. The molecule has 1 aliphatic rings. The first kappa shape index (κ1) is 16.2. The number of nitrogens with one attached hydrogen (secondary N) is 1. The molecule has 0 amide bonds. The number of sulfonamides is 1. The maximum absolute atomic E-state index is 12.9. The summed E-state index contributed by atoms with van der Waals surface area (Å²) >= 11 is 0. The van der Waals surface area contributed by atoms with E-state index in [1.54, 1.807) is 16.4 Å². The van der Waals surface area contributed by atoms with Crippen LogP contribution in [0.4, 0.5) is 0 Å². The number of rotatable bonds is 4. The van der Waals surface area contributed by atoms with Gasteiger partial charge in [0.05, 0.1) is 4.90 Å². The maximum Gasteiger partial charge on any atom is 0.243 e. The van der Waals surface area contributed by atoms with Gasteiger partial charge in [0.2, 0.25) is 10.0 Å². The third-order valence-corrected chi connectivity index (χ3v) is 6.34. The van der Waals surface area contributed by atoms with Crippen molar-refractivity contribution in [2.24, 2.45) is 0 Å². The smallest absolute Gasteiger partial charge is 0.243 e. The molecule has 1 heterocycles. The molecular weight excluding hydrogens is 308 g/mol. The number of hydrogen-bond acceptors (Lipinski definition) is 3. The van der Waals surface area contributed by atoms with Gasteiger partial charge in [0.1, 0.15) is 0 Å². The van der Waals surface area contributed by atoms with Crippen molar-refractivity contribution in [1.29, 1.82) is 0 Å². The van der Waals surface area contributed by atoms with Crippen LogP contribution in [0.1, 0.15) is 12.8 Å². The second-order valence-electron chi connectivity index (χ2n) is 5.86. The molecule has 1 fully saturated rings. The molecule has 0 atom stereocenters. The van der Waals surface area contributed by atoms with Crippen LogP contribution in [-0.4, -0.2) is 38.9 Å². The first-order chi connectivity index (χ1) is 11.1. The predicted molar refractivity (Wildman–Crippen MR) is 92.7 cm³/mol. The standard InChI is InChI=1S/C18H22N2O2S/c1-19-17-10-12-20(13-11-17)23(21,22)18-9-5-8-16(14-18)15-6-3-2-4-7-15/h2-9,14,17,19H,10-13H2,1H3. The van der Waals surface area contributed by atoms with E-state index in [9.17, 15) is 8.42 Å². The van der Waals surface area contributed by atoms with Crippen molar-refractivity contribution in [3.05, 3.63) is 54.6 Å². The minimum Gasteiger partial charge on any atom is -0.317 e. The fourth-order valence-corrected chi connectivity index (χ4v) is 4.52. The molecule has 0 aromatic heterocycles. The SMILES string of the molecule is CNC1CCN(S(=O)(=O)c2cccc(-c3ccccc3)c2)CC1. The minimum absolute atomic E-state index is 0.377. The second-order valence-corrected chi connectivity index (χ2v) is 7.80. The van der Waals surface area contributed by atoms with Crippen LogP contribution < -0.4 is 5.32 Å². The Balaban J connectivity index is 1.86. The van der Waals surface area contributed by atoms with E-state index in [1.807, 2.05) is 49.5 Å². The third kappa shape index (κ3) is 3.47. The van der Waals surface area contributed by atoms with Crippen molar-refractivity contribution in [2.75, 3.05) is 20.1 Å². The second kappa shape index (κ2) is 6.83. The summed E-state index contributed by atoms with van der Waals surface area (Å²) in [5, 5.41) is 3.22. The highest BCUT2D eigenvalue weighted by molar-refractivity contribution is 7.89. The Labute approximate surface area is 138 Å². The lowest BCUT2D eigenvalue weighted by Gasteiger charge is -2.31. The van der Waals surface area contributed by atoms with E-state index in [4.69, 9.17) is 0 Å². The first-order valence-corrected chi connectivity index (χ1v) is 9.38. The quantitative estimate of drug-likeness (QED) is 0.938. The summed E-state index contributed by atoms with van der Waals surface area (Å²) in [6.45, 7) is 1.15. The van der Waals surface area contributed by atoms with Gasteiger partial charge in [-0.15, -0.1) is 0 Å². The lowest BCUT2D eigenvalue weighted by molar-refractivity contribution is 0.298. The average Bonchev–Trinajstić information content (AvgIpc) is 2.62. The molecule has 0 spiro atoms. The molecule has 1 N–H and O–H groups in total. The van der Waals surface area contributed by atoms with Crippen LogP contribution in [0.25, 0.3) is 11.1 Å². The molecule has 0 bridgehead atoms. The van der Waals surface area contributed by atoms with Crippen molar-refractivity contribution >= 4 is 10.0 Å². The summed E-state index contributed by atoms with van der Waals surface area (Å²) in [4.78, 5) is 0.377. The average molecular weight is 330 g/mol. The van der Waals surface area contributed by atoms with Gasteiger partial charge in [0.15, 0.2) is 0 Å². The molecule has 0 unspecified atom stereocenters. The highest BCUT2D eigenvalue weighted by atomic mass is 32.2. The van der Waals surface area contributed by atoms with Crippen LogP contribution in [0, 0.1) is 0 Å². The van der Waals surface area contributed by atoms with Crippen LogP contribution in [0.3, 0.4) is 0 Å². The van der Waals surface area contributed by atoms with Gasteiger partial charge in [-0.25, -0.2) is 8.42 Å². The zero-order valence-corrected chi connectivity index (χ0v) is 14.1. The molecule has 5 heteroatoms. The van der Waals surface area contributed by atoms with Crippen molar-refractivity contribution in [1.82, 2.24) is 9.62 Å². The van der Waals surface area contributed by atoms with Gasteiger partial charge >= 0.3 is 0 Å². The molecule has 0 aliphatic carbocycles. The Morgan fingerprint density at radius 1 is 0.957 bits per heavy atom. The van der Waals surface area contributed by atoms with Gasteiger partial charge in [-0.2, -0.15) is 4.31 Å². The predicted octanol–water partition coefficient (Wildman–Crippen LogP) is 2.73. The van der Waals surface area contributed by atoms with E-state index in [0.29, 0.717) is 24.0 Å². The Morgan fingerprint density at radius 2 is 1.61 bits per heavy atom. The number of benzene rings is 2. The molecule has 1 aliphatic heterocycles. The van der Waals surface area contributed by atoms with E-state index >= 15 is 0 Å². The molecular formula is C18H22N2O2S. The van der Waals surface area contributed by atoms with Crippen molar-refractivity contribution < 1.29 is 8.42 Å². The fraction of sp³-hybridized carbons (Fsp3) is 0.333. The van der Waals surface area contributed by atoms with Crippen LogP contribution >= 0.6 is 0 Å². The largest absolute Gasteiger partial charge is 0.317 e. The molecule has 1 saturated heterocycles. The molecule has 2 aromatic rings. The van der Waals surface area contributed by atoms with Gasteiger partial charge in [-0.3, -0.25) is 0 Å². The summed E-state index contributed by atoms with van der Waals surface area (Å²) < 4.78 is 27.3. The van der Waals surface area contributed by atoms with E-state index < -0.39 is 10.0 Å². The Kier molecular flexibility index (Phi) is 4.80. The fourth-order valence-electron chi connectivity index (χ4n) is 3.00. The van der Waals surface area contributed by atoms with E-state index in [-0.39, 0.29) is 0 Å². The molecule has 122 valence electrons. The molecule has 0 radical (unpaired) electrons. The van der Waals surface area contributed by atoms with Crippen molar-refractivity contribution in [3.63, 3.8) is 0 Å². The van der Waals surface area contributed by atoms with Crippen LogP contribution in [0.15, 0.2) is 59.5 Å². The van der Waals surface area contributed by atoms with Gasteiger partial charge in [0.25, 0.3) is 0 Å². The van der Waals surface area contributed by atoms with Gasteiger partial charge in [0, 0.05) is 19.1 Å². The van der Waals surface area contributed by atoms with Gasteiger partial charge in [-0.05, 0) is 43.1 Å². The Morgan fingerprint density at radius 3 is 2.26 bits per heavy atom. The lowest BCUT2D eigenvalue weighted by atomic mass is 10.1. The minimum atomic E-state index is -3.42. The third-order valence-electron chi connectivity index (χ3n) is 4.44. The van der Waals surface area contributed by atoms with E-state index in [1.165, 1.54) is 0 Å². The molecule has 2 aromatic carbocycles. The van der Waals surface area contributed by atoms with Gasteiger partial charge < -0.3 is 5.32 Å². The number of hydrogen-bond donors (Lipinski definition) is 1. The molecule has 3 rings (SSSR count). The van der Waals surface area contributed by atoms with E-state index in [0.717, 1.165) is 24.0 Å². The highest BCUT2D eigenvalue weighted by Gasteiger charge is 2.28. The summed E-state index contributed by atoms with van der Waals surface area (Å²) in [5.41, 5.74) is 1.95. The maximum atomic E-state index is 12.9. The molecule has 4 nitrogen and oxygen atoms in total. The van der Waals surface area contributed by atoms with Crippen LogP contribution in [0.2, 0.25) is 0 Å². The van der Waals surface area contributed by atoms with Crippen LogP contribution in [-0.2, 0) is 10.0 Å². The zero-order chi connectivity index (χ0) is 16.3. The van der Waals surface area contributed by atoms with Crippen molar-refractivity contribution in [3.8, 4) is 11.1 Å². The zero-order valence-electron chi connectivity index (χ0n) is 13.3. The summed E-state index contributed by atoms with van der Waals surface area (Å²) in [5.74, 6) is 0. The van der Waals surface area contributed by atoms with Gasteiger partial charge in [-0.1, -0.05) is 42.5 Å². The normalized spacial score (nSPS) is 17.3. The van der Waals surface area contributed by atoms with E-state index in [2.05, 4.69) is 5.32 Å². The summed E-state index contributed by atoms with van der Waals surface area (Å²) in [7, 11) is -1.49. The lowest BCUT2D eigenvalue weighted by Crippen LogP contribution is -2.43. The Bertz CT molecular complexity index is 752. The molecule has 0 saturated carbocycles. The summed E-state index contributed by atoms with van der Waals surface area (Å²) in [6.07, 6.45) is 1.71. The van der Waals surface area contributed by atoms with Crippen LogP contribution in [0.5, 0.6) is 0 Å². The molecule has 23 heavy (non-hydrogen) atoms. The monoisotopic (exact) mass is 330 g/mol. The Hall–Kier alpha value is -1.69. The van der Waals surface area contributed by atoms with Crippen molar-refractivity contribution in [2.45, 2.75) is 23.8 Å². The topological polar surface area (TPSA) is 49.4 Å².